The van der Waals surface area contributed by atoms with Crippen LogP contribution < -0.4 is 27.2 Å². The average molecular weight is 622 g/mol. The third-order valence-corrected chi connectivity index (χ3v) is 6.00. The lowest BCUT2D eigenvalue weighted by molar-refractivity contribution is -0.192. The highest BCUT2D eigenvalue weighted by atomic mass is 19.4. The number of ether oxygens (including phenoxy) is 1. The predicted molar refractivity (Wildman–Crippen MR) is 152 cm³/mol. The van der Waals surface area contributed by atoms with Gasteiger partial charge >= 0.3 is 17.8 Å². The first-order valence-corrected chi connectivity index (χ1v) is 12.8. The largest absolute Gasteiger partial charge is 0.490 e. The minimum atomic E-state index is -5.08. The van der Waals surface area contributed by atoms with Crippen molar-refractivity contribution in [3.05, 3.63) is 99.5 Å². The molecule has 234 valence electrons. The van der Waals surface area contributed by atoms with Crippen molar-refractivity contribution < 1.29 is 36.6 Å². The summed E-state index contributed by atoms with van der Waals surface area (Å²) in [5.41, 5.74) is 13.7. The van der Waals surface area contributed by atoms with Crippen LogP contribution in [0.1, 0.15) is 35.5 Å². The normalized spacial score (nSPS) is 11.7. The van der Waals surface area contributed by atoms with Crippen molar-refractivity contribution in [2.45, 2.75) is 25.6 Å². The maximum atomic E-state index is 15.7. The number of aliphatic carboxylic acids is 1. The Morgan fingerprint density at radius 2 is 1.82 bits per heavy atom. The summed E-state index contributed by atoms with van der Waals surface area (Å²) in [6, 6.07) is 15.6. The molecule has 0 saturated heterocycles. The first kappa shape index (κ1) is 33.1. The van der Waals surface area contributed by atoms with E-state index >= 15 is 4.39 Å². The Hall–Kier alpha value is -5.41. The van der Waals surface area contributed by atoms with Gasteiger partial charge in [0, 0.05) is 16.8 Å². The number of anilines is 2. The van der Waals surface area contributed by atoms with Gasteiger partial charge < -0.3 is 26.6 Å². The number of halogens is 5. The number of aryl methyl sites for hydroxylation is 1. The number of nitrogen functional groups attached to an aromatic ring is 2. The van der Waals surface area contributed by atoms with Crippen LogP contribution >= 0.6 is 0 Å². The van der Waals surface area contributed by atoms with E-state index in [1.54, 1.807) is 54.6 Å². The van der Waals surface area contributed by atoms with Crippen LogP contribution in [0.4, 0.5) is 33.3 Å². The van der Waals surface area contributed by atoms with Crippen LogP contribution in [0.2, 0.25) is 0 Å². The molecule has 0 aliphatic heterocycles. The molecule has 44 heavy (non-hydrogen) atoms. The number of hydrogen-bond donors (Lipinski definition) is 6. The number of carboxylic acid groups (broad SMARTS) is 1. The van der Waals surface area contributed by atoms with Gasteiger partial charge in [0.1, 0.15) is 25.2 Å². The zero-order chi connectivity index (χ0) is 32.6. The Labute approximate surface area is 246 Å². The van der Waals surface area contributed by atoms with Gasteiger partial charge in [-0.1, -0.05) is 25.1 Å². The van der Waals surface area contributed by atoms with Crippen molar-refractivity contribution in [3.63, 3.8) is 0 Å². The molecule has 1 heterocycles. The van der Waals surface area contributed by atoms with Gasteiger partial charge in [0.2, 0.25) is 0 Å². The van der Waals surface area contributed by atoms with Gasteiger partial charge in [0.15, 0.2) is 17.4 Å². The van der Waals surface area contributed by atoms with Crippen LogP contribution in [0.15, 0.2) is 65.5 Å². The monoisotopic (exact) mass is 621 g/mol. The highest BCUT2D eigenvalue weighted by Crippen LogP contribution is 2.33. The Morgan fingerprint density at radius 3 is 2.36 bits per heavy atom. The molecule has 4 aromatic rings. The maximum Gasteiger partial charge on any atom is 0.490 e. The number of para-hydroxylation sites is 2. The number of benzene rings is 3. The lowest BCUT2D eigenvalue weighted by Gasteiger charge is -2.21. The number of nitrogens with zero attached hydrogens (tertiary/aromatic N) is 2. The van der Waals surface area contributed by atoms with Crippen LogP contribution in [-0.2, 0) is 11.2 Å². The standard InChI is InChI=1S/C26H27F2N7O2.C2HF3O2/c1-2-15-13-18(22(28)21(14-15)37-12-11-27)23(32-17-9-7-16(8-10-17)24(30)31)25-33-26(36)35(34-25)20-6-4-3-5-19(20)29;3-2(4,5)1(6)7/h3-10,13-14,23,32H,2,11-12,29H2,1H3,(H3,30,31)(H,33,34,36);(H,6,7). The number of amidine groups is 1. The summed E-state index contributed by atoms with van der Waals surface area (Å²) in [6.45, 7) is 0.825. The highest BCUT2D eigenvalue weighted by molar-refractivity contribution is 5.95. The van der Waals surface area contributed by atoms with E-state index in [4.69, 9.17) is 31.5 Å². The van der Waals surface area contributed by atoms with Gasteiger partial charge in [-0.2, -0.15) is 17.9 Å². The highest BCUT2D eigenvalue weighted by Gasteiger charge is 2.38. The molecule has 1 atom stereocenters. The second-order valence-electron chi connectivity index (χ2n) is 9.05. The van der Waals surface area contributed by atoms with Crippen molar-refractivity contribution in [1.82, 2.24) is 14.8 Å². The lowest BCUT2D eigenvalue weighted by atomic mass is 10.00. The molecule has 0 amide bonds. The number of carbonyl (C=O) groups is 1. The first-order valence-electron chi connectivity index (χ1n) is 12.8. The van der Waals surface area contributed by atoms with Crippen LogP contribution in [0.5, 0.6) is 5.75 Å². The molecule has 0 aliphatic rings. The van der Waals surface area contributed by atoms with Gasteiger partial charge in [-0.15, -0.1) is 5.10 Å². The average Bonchev–Trinajstić information content (AvgIpc) is 3.36. The molecule has 3 aromatic carbocycles. The Bertz CT molecular complexity index is 1670. The molecule has 0 radical (unpaired) electrons. The zero-order valence-corrected chi connectivity index (χ0v) is 23.1. The van der Waals surface area contributed by atoms with E-state index in [9.17, 15) is 22.4 Å². The fourth-order valence-corrected chi connectivity index (χ4v) is 3.87. The molecule has 0 saturated carbocycles. The van der Waals surface area contributed by atoms with Gasteiger partial charge in [-0.25, -0.2) is 18.4 Å². The molecule has 0 fully saturated rings. The third kappa shape index (κ3) is 8.11. The number of aromatic amines is 1. The Balaban J connectivity index is 0.000000676. The second-order valence-corrected chi connectivity index (χ2v) is 9.05. The SMILES string of the molecule is CCc1cc(OCCF)c(F)c(C(Nc2ccc(C(=N)N)cc2)c2nn(-c3ccccc3N)c(=O)[nH]2)c1.O=C(O)C(F)(F)F. The zero-order valence-electron chi connectivity index (χ0n) is 23.1. The molecule has 0 aliphatic carbocycles. The number of H-pyrrole nitrogens is 1. The summed E-state index contributed by atoms with van der Waals surface area (Å²) in [6.07, 6.45) is -4.52. The number of aromatic nitrogens is 3. The molecule has 11 nitrogen and oxygen atoms in total. The summed E-state index contributed by atoms with van der Waals surface area (Å²) in [4.78, 5) is 24.5. The van der Waals surface area contributed by atoms with Crippen molar-refractivity contribution in [1.29, 1.82) is 5.41 Å². The minimum absolute atomic E-state index is 0.0945. The molecule has 8 N–H and O–H groups in total. The first-order chi connectivity index (χ1) is 20.8. The van der Waals surface area contributed by atoms with Crippen molar-refractivity contribution >= 4 is 23.2 Å². The van der Waals surface area contributed by atoms with E-state index in [1.807, 2.05) is 6.92 Å². The number of nitrogens with two attached hydrogens (primary N) is 2. The van der Waals surface area contributed by atoms with Crippen molar-refractivity contribution in [2.75, 3.05) is 24.3 Å². The van der Waals surface area contributed by atoms with Gasteiger partial charge in [-0.05, 0) is 54.4 Å². The number of rotatable bonds is 10. The van der Waals surface area contributed by atoms with E-state index in [0.717, 1.165) is 10.2 Å². The second kappa shape index (κ2) is 14.2. The van der Waals surface area contributed by atoms with E-state index < -0.39 is 36.4 Å². The van der Waals surface area contributed by atoms with E-state index in [1.165, 1.54) is 6.07 Å². The lowest BCUT2D eigenvalue weighted by Crippen LogP contribution is -2.21. The fraction of sp³-hybridized carbons (Fsp3) is 0.214. The summed E-state index contributed by atoms with van der Waals surface area (Å²) < 4.78 is 66.7. The number of alkyl halides is 4. The van der Waals surface area contributed by atoms with Crippen molar-refractivity contribution in [3.8, 4) is 11.4 Å². The number of carboxylic acids is 1. The maximum absolute atomic E-state index is 15.7. The van der Waals surface area contributed by atoms with Crippen LogP contribution in [0.25, 0.3) is 5.69 Å². The van der Waals surface area contributed by atoms with E-state index in [-0.39, 0.29) is 29.6 Å². The molecule has 4 rings (SSSR count). The van der Waals surface area contributed by atoms with Gasteiger partial charge in [0.25, 0.3) is 0 Å². The third-order valence-electron chi connectivity index (χ3n) is 6.00. The summed E-state index contributed by atoms with van der Waals surface area (Å²) in [5.74, 6) is -3.54. The topological polar surface area (TPSA) is 185 Å². The molecule has 1 aromatic heterocycles. The molecular formula is C28H28F5N7O4. The number of hydrogen-bond acceptors (Lipinski definition) is 7. The predicted octanol–water partition coefficient (Wildman–Crippen LogP) is 4.31. The van der Waals surface area contributed by atoms with Crippen molar-refractivity contribution in [2.24, 2.45) is 5.73 Å². The molecule has 16 heteroatoms. The minimum Gasteiger partial charge on any atom is -0.488 e. The van der Waals surface area contributed by atoms with Gasteiger partial charge in [0.05, 0.1) is 11.4 Å². The Morgan fingerprint density at radius 1 is 1.18 bits per heavy atom. The Kier molecular flexibility index (Phi) is 10.7. The summed E-state index contributed by atoms with van der Waals surface area (Å²) >= 11 is 0. The summed E-state index contributed by atoms with van der Waals surface area (Å²) in [7, 11) is 0. The molecule has 0 spiro atoms. The van der Waals surface area contributed by atoms with E-state index in [2.05, 4.69) is 15.4 Å². The smallest absolute Gasteiger partial charge is 0.488 e. The molecular weight excluding hydrogens is 593 g/mol. The molecule has 0 bridgehead atoms. The summed E-state index contributed by atoms with van der Waals surface area (Å²) in [5, 5.41) is 22.4. The van der Waals surface area contributed by atoms with Gasteiger partial charge in [-0.3, -0.25) is 10.4 Å². The molecule has 1 unspecified atom stereocenters. The van der Waals surface area contributed by atoms with E-state index in [0.29, 0.717) is 29.0 Å². The van der Waals surface area contributed by atoms with Crippen LogP contribution in [0.3, 0.4) is 0 Å². The number of nitrogens with one attached hydrogen (secondary N) is 3. The quantitative estimate of drug-likeness (QED) is 0.0655. The fourth-order valence-electron chi connectivity index (χ4n) is 3.87. The van der Waals surface area contributed by atoms with Crippen LogP contribution in [-0.4, -0.2) is 51.1 Å². The van der Waals surface area contributed by atoms with Crippen LogP contribution in [0, 0.1) is 11.2 Å².